The van der Waals surface area contributed by atoms with E-state index in [0.717, 1.165) is 5.69 Å². The van der Waals surface area contributed by atoms with Gasteiger partial charge in [-0.3, -0.25) is 0 Å². The maximum atomic E-state index is 9.44. The molecule has 1 aromatic carbocycles. The summed E-state index contributed by atoms with van der Waals surface area (Å²) < 4.78 is 5.61. The fourth-order valence-corrected chi connectivity index (χ4v) is 1.78. The first kappa shape index (κ1) is 15.6. The smallest absolute Gasteiger partial charge is 0.123 e. The number of benzene rings is 1. The van der Waals surface area contributed by atoms with E-state index < -0.39 is 5.54 Å². The lowest BCUT2D eigenvalue weighted by molar-refractivity contribution is 0.132. The fourth-order valence-electron chi connectivity index (χ4n) is 1.78. The van der Waals surface area contributed by atoms with E-state index in [2.05, 4.69) is 5.32 Å². The van der Waals surface area contributed by atoms with Crippen molar-refractivity contribution in [2.45, 2.75) is 38.8 Å². The zero-order valence-electron chi connectivity index (χ0n) is 11.8. The van der Waals surface area contributed by atoms with E-state index in [1.165, 1.54) is 0 Å². The van der Waals surface area contributed by atoms with Crippen molar-refractivity contribution in [2.24, 2.45) is 0 Å². The van der Waals surface area contributed by atoms with E-state index in [9.17, 15) is 10.2 Å². The first-order chi connectivity index (χ1) is 8.94. The highest BCUT2D eigenvalue weighted by Crippen LogP contribution is 2.26. The standard InChI is InChI=1S/C14H24N2O3/c1-4-14(8-17,9-18)16-12-5-11(15)6-13(7-12)19-10(2)3/h5-7,10,16-18H,4,8-9,15H2,1-3H3. The summed E-state index contributed by atoms with van der Waals surface area (Å²) in [6, 6.07) is 5.31. The molecule has 0 saturated carbocycles. The van der Waals surface area contributed by atoms with Crippen LogP contribution in [0.2, 0.25) is 0 Å². The van der Waals surface area contributed by atoms with E-state index >= 15 is 0 Å². The second-order valence-electron chi connectivity index (χ2n) is 5.03. The maximum Gasteiger partial charge on any atom is 0.123 e. The molecule has 0 unspecified atom stereocenters. The minimum atomic E-state index is -0.747. The molecule has 1 aromatic rings. The Morgan fingerprint density at radius 2 is 1.89 bits per heavy atom. The van der Waals surface area contributed by atoms with Gasteiger partial charge >= 0.3 is 0 Å². The van der Waals surface area contributed by atoms with Gasteiger partial charge in [0, 0.05) is 23.5 Å². The van der Waals surface area contributed by atoms with Crippen molar-refractivity contribution in [1.29, 1.82) is 0 Å². The van der Waals surface area contributed by atoms with Crippen LogP contribution in [0.4, 0.5) is 11.4 Å². The molecule has 0 aromatic heterocycles. The molecule has 0 heterocycles. The Bertz CT molecular complexity index is 395. The monoisotopic (exact) mass is 268 g/mol. The highest BCUT2D eigenvalue weighted by molar-refractivity contribution is 5.60. The van der Waals surface area contributed by atoms with Crippen LogP contribution in [0.3, 0.4) is 0 Å². The molecule has 0 aliphatic heterocycles. The van der Waals surface area contributed by atoms with E-state index in [4.69, 9.17) is 10.5 Å². The predicted octanol–water partition coefficient (Wildman–Crippen LogP) is 1.60. The highest BCUT2D eigenvalue weighted by atomic mass is 16.5. The lowest BCUT2D eigenvalue weighted by atomic mass is 9.98. The lowest BCUT2D eigenvalue weighted by Crippen LogP contribution is -2.45. The van der Waals surface area contributed by atoms with Gasteiger partial charge in [0.25, 0.3) is 0 Å². The number of hydrogen-bond donors (Lipinski definition) is 4. The number of ether oxygens (including phenoxy) is 1. The van der Waals surface area contributed by atoms with Gasteiger partial charge in [0.2, 0.25) is 0 Å². The molecule has 0 atom stereocenters. The average Bonchev–Trinajstić information content (AvgIpc) is 2.34. The first-order valence-electron chi connectivity index (χ1n) is 6.52. The van der Waals surface area contributed by atoms with Crippen LogP contribution in [0.15, 0.2) is 18.2 Å². The third-order valence-corrected chi connectivity index (χ3v) is 2.99. The van der Waals surface area contributed by atoms with Crippen LogP contribution in [0.25, 0.3) is 0 Å². The minimum absolute atomic E-state index is 0.0567. The summed E-state index contributed by atoms with van der Waals surface area (Å²) in [4.78, 5) is 0. The second-order valence-corrected chi connectivity index (χ2v) is 5.03. The number of nitrogen functional groups attached to an aromatic ring is 1. The van der Waals surface area contributed by atoms with Gasteiger partial charge in [-0.05, 0) is 26.3 Å². The van der Waals surface area contributed by atoms with Crippen molar-refractivity contribution >= 4 is 11.4 Å². The van der Waals surface area contributed by atoms with E-state index in [1.54, 1.807) is 12.1 Å². The number of aliphatic hydroxyl groups is 2. The highest BCUT2D eigenvalue weighted by Gasteiger charge is 2.26. The molecule has 19 heavy (non-hydrogen) atoms. The zero-order chi connectivity index (χ0) is 14.5. The summed E-state index contributed by atoms with van der Waals surface area (Å²) in [5.41, 5.74) is 6.38. The van der Waals surface area contributed by atoms with Crippen LogP contribution in [0.5, 0.6) is 5.75 Å². The Morgan fingerprint density at radius 3 is 2.37 bits per heavy atom. The number of rotatable bonds is 7. The molecule has 0 radical (unpaired) electrons. The SMILES string of the molecule is CCC(CO)(CO)Nc1cc(N)cc(OC(C)C)c1. The summed E-state index contributed by atoms with van der Waals surface area (Å²) >= 11 is 0. The number of nitrogens with one attached hydrogen (secondary N) is 1. The van der Waals surface area contributed by atoms with Crippen LogP contribution in [0.1, 0.15) is 27.2 Å². The molecular weight excluding hydrogens is 244 g/mol. The van der Waals surface area contributed by atoms with Gasteiger partial charge < -0.3 is 26.0 Å². The zero-order valence-corrected chi connectivity index (χ0v) is 11.8. The molecule has 0 spiro atoms. The Kier molecular flexibility index (Phi) is 5.44. The van der Waals surface area contributed by atoms with Crippen molar-refractivity contribution in [3.8, 4) is 5.75 Å². The third kappa shape index (κ3) is 4.29. The average molecular weight is 268 g/mol. The Hall–Kier alpha value is -1.46. The number of nitrogens with two attached hydrogens (primary N) is 1. The molecule has 1 rings (SSSR count). The van der Waals surface area contributed by atoms with Crippen molar-refractivity contribution in [3.05, 3.63) is 18.2 Å². The first-order valence-corrected chi connectivity index (χ1v) is 6.52. The lowest BCUT2D eigenvalue weighted by Gasteiger charge is -2.31. The van der Waals surface area contributed by atoms with Gasteiger partial charge in [0.15, 0.2) is 0 Å². The quantitative estimate of drug-likeness (QED) is 0.564. The Labute approximate surface area is 114 Å². The predicted molar refractivity (Wildman–Crippen MR) is 77.4 cm³/mol. The summed E-state index contributed by atoms with van der Waals surface area (Å²) in [5.74, 6) is 0.665. The van der Waals surface area contributed by atoms with Gasteiger partial charge in [0.1, 0.15) is 5.75 Å². The molecule has 0 bridgehead atoms. The van der Waals surface area contributed by atoms with E-state index in [0.29, 0.717) is 17.9 Å². The van der Waals surface area contributed by atoms with Gasteiger partial charge in [0.05, 0.1) is 24.9 Å². The minimum Gasteiger partial charge on any atom is -0.491 e. The van der Waals surface area contributed by atoms with Crippen LogP contribution in [0, 0.1) is 0 Å². The van der Waals surface area contributed by atoms with Gasteiger partial charge in [-0.2, -0.15) is 0 Å². The summed E-state index contributed by atoms with van der Waals surface area (Å²) in [7, 11) is 0. The molecule has 0 saturated heterocycles. The second kappa shape index (κ2) is 6.63. The van der Waals surface area contributed by atoms with Gasteiger partial charge in [-0.15, -0.1) is 0 Å². The van der Waals surface area contributed by atoms with Crippen LogP contribution in [-0.4, -0.2) is 35.1 Å². The molecule has 108 valence electrons. The molecule has 5 nitrogen and oxygen atoms in total. The van der Waals surface area contributed by atoms with Crippen molar-refractivity contribution < 1.29 is 14.9 Å². The maximum absolute atomic E-state index is 9.44. The molecule has 0 aliphatic carbocycles. The van der Waals surface area contributed by atoms with Crippen molar-refractivity contribution in [3.63, 3.8) is 0 Å². The van der Waals surface area contributed by atoms with E-state index in [1.807, 2.05) is 26.8 Å². The van der Waals surface area contributed by atoms with Crippen LogP contribution in [-0.2, 0) is 0 Å². The van der Waals surface area contributed by atoms with E-state index in [-0.39, 0.29) is 19.3 Å². The molecular formula is C14H24N2O3. The van der Waals surface area contributed by atoms with Crippen LogP contribution >= 0.6 is 0 Å². The van der Waals surface area contributed by atoms with Crippen molar-refractivity contribution in [1.82, 2.24) is 0 Å². The Morgan fingerprint density at radius 1 is 1.26 bits per heavy atom. The molecule has 0 amide bonds. The normalized spacial score (nSPS) is 11.7. The number of anilines is 2. The van der Waals surface area contributed by atoms with Gasteiger partial charge in [-0.1, -0.05) is 6.92 Å². The molecule has 5 N–H and O–H groups in total. The molecule has 0 fully saturated rings. The number of hydrogen-bond acceptors (Lipinski definition) is 5. The summed E-state index contributed by atoms with van der Waals surface area (Å²) in [6.45, 7) is 5.46. The fraction of sp³-hybridized carbons (Fsp3) is 0.571. The third-order valence-electron chi connectivity index (χ3n) is 2.99. The molecule has 0 aliphatic rings. The summed E-state index contributed by atoms with van der Waals surface area (Å²) in [5, 5.41) is 22.0. The molecule has 5 heteroatoms. The number of aliphatic hydroxyl groups excluding tert-OH is 2. The van der Waals surface area contributed by atoms with Crippen molar-refractivity contribution in [2.75, 3.05) is 24.3 Å². The van der Waals surface area contributed by atoms with Crippen LogP contribution < -0.4 is 15.8 Å². The Balaban J connectivity index is 2.97. The van der Waals surface area contributed by atoms with Gasteiger partial charge in [-0.25, -0.2) is 0 Å². The summed E-state index contributed by atoms with van der Waals surface area (Å²) in [6.07, 6.45) is 0.649. The largest absolute Gasteiger partial charge is 0.491 e. The topological polar surface area (TPSA) is 87.7 Å².